The van der Waals surface area contributed by atoms with Gasteiger partial charge in [-0.1, -0.05) is 23.2 Å². The maximum atomic E-state index is 13.7. The lowest BCUT2D eigenvalue weighted by Crippen LogP contribution is -1.98. The van der Waals surface area contributed by atoms with Crippen LogP contribution in [-0.2, 0) is 0 Å². The van der Waals surface area contributed by atoms with Crippen molar-refractivity contribution in [2.45, 2.75) is 0 Å². The van der Waals surface area contributed by atoms with Gasteiger partial charge >= 0.3 is 0 Å². The van der Waals surface area contributed by atoms with Crippen molar-refractivity contribution in [3.8, 4) is 22.9 Å². The van der Waals surface area contributed by atoms with Gasteiger partial charge in [-0.2, -0.15) is 0 Å². The van der Waals surface area contributed by atoms with Crippen LogP contribution in [0.25, 0.3) is 22.9 Å². The predicted octanol–water partition coefficient (Wildman–Crippen LogP) is 5.41. The lowest BCUT2D eigenvalue weighted by atomic mass is 10.2. The molecule has 0 amide bonds. The number of aromatic nitrogens is 2. The fourth-order valence-electron chi connectivity index (χ4n) is 1.86. The van der Waals surface area contributed by atoms with E-state index in [1.807, 2.05) is 0 Å². The van der Waals surface area contributed by atoms with Crippen LogP contribution in [0, 0.1) is 29.1 Å². The second kappa shape index (κ2) is 6.03. The molecule has 0 aliphatic carbocycles. The van der Waals surface area contributed by atoms with E-state index >= 15 is 0 Å². The molecule has 1 heterocycles. The molecule has 0 spiro atoms. The summed E-state index contributed by atoms with van der Waals surface area (Å²) in [5.41, 5.74) is -0.864. The largest absolute Gasteiger partial charge is 0.416 e. The summed E-state index contributed by atoms with van der Waals surface area (Å²) >= 11 is 11.4. The van der Waals surface area contributed by atoms with E-state index in [1.165, 1.54) is 0 Å². The molecule has 0 unspecified atom stereocenters. The van der Waals surface area contributed by atoms with Gasteiger partial charge in [-0.15, -0.1) is 10.2 Å². The Labute approximate surface area is 140 Å². The van der Waals surface area contributed by atoms with E-state index < -0.39 is 40.5 Å². The van der Waals surface area contributed by atoms with Gasteiger partial charge in [-0.3, -0.25) is 0 Å². The van der Waals surface area contributed by atoms with E-state index in [0.29, 0.717) is 6.07 Å². The molecule has 0 radical (unpaired) electrons. The van der Waals surface area contributed by atoms with Gasteiger partial charge in [-0.25, -0.2) is 22.0 Å². The fraction of sp³-hybridized carbons (Fsp3) is 0. The highest BCUT2D eigenvalue weighted by atomic mass is 35.5. The summed E-state index contributed by atoms with van der Waals surface area (Å²) in [7, 11) is 0. The van der Waals surface area contributed by atoms with Crippen LogP contribution in [0.3, 0.4) is 0 Å². The quantitative estimate of drug-likeness (QED) is 0.339. The first-order chi connectivity index (χ1) is 11.3. The summed E-state index contributed by atoms with van der Waals surface area (Å²) in [6.07, 6.45) is 0. The zero-order chi connectivity index (χ0) is 17.6. The Hall–Kier alpha value is -2.19. The average Bonchev–Trinajstić information content (AvgIpc) is 3.01. The van der Waals surface area contributed by atoms with Gasteiger partial charge in [0.25, 0.3) is 5.89 Å². The number of nitrogens with zero attached hydrogens (tertiary/aromatic N) is 2. The van der Waals surface area contributed by atoms with E-state index in [2.05, 4.69) is 10.2 Å². The third kappa shape index (κ3) is 2.71. The summed E-state index contributed by atoms with van der Waals surface area (Å²) in [5, 5.41) is 6.60. The van der Waals surface area contributed by atoms with Crippen LogP contribution >= 0.6 is 23.2 Å². The summed E-state index contributed by atoms with van der Waals surface area (Å²) in [5.74, 6) is -9.18. The third-order valence-electron chi connectivity index (χ3n) is 3.00. The normalized spacial score (nSPS) is 11.1. The molecule has 0 saturated carbocycles. The highest BCUT2D eigenvalue weighted by Gasteiger charge is 2.24. The van der Waals surface area contributed by atoms with Crippen molar-refractivity contribution in [2.75, 3.05) is 0 Å². The second-order valence-electron chi connectivity index (χ2n) is 4.51. The first-order valence-corrected chi connectivity index (χ1v) is 6.87. The van der Waals surface area contributed by atoms with Crippen molar-refractivity contribution in [2.24, 2.45) is 0 Å². The summed E-state index contributed by atoms with van der Waals surface area (Å²) in [6.45, 7) is 0. The molecular formula is C14H3Cl2F5N2O. The number of halogens is 7. The molecule has 0 aliphatic heterocycles. The van der Waals surface area contributed by atoms with Crippen LogP contribution in [0.4, 0.5) is 22.0 Å². The van der Waals surface area contributed by atoms with Crippen LogP contribution in [0.5, 0.6) is 0 Å². The van der Waals surface area contributed by atoms with Crippen molar-refractivity contribution >= 4 is 23.2 Å². The third-order valence-corrected chi connectivity index (χ3v) is 3.60. The molecule has 0 N–H and O–H groups in total. The van der Waals surface area contributed by atoms with E-state index in [-0.39, 0.29) is 21.5 Å². The van der Waals surface area contributed by atoms with E-state index in [0.717, 1.165) is 12.1 Å². The Balaban J connectivity index is 2.12. The second-order valence-corrected chi connectivity index (χ2v) is 5.32. The van der Waals surface area contributed by atoms with Crippen molar-refractivity contribution in [3.05, 3.63) is 57.3 Å². The molecule has 3 rings (SSSR count). The molecule has 10 heteroatoms. The molecule has 0 aliphatic rings. The Kier molecular flexibility index (Phi) is 4.18. The first kappa shape index (κ1) is 16.7. The minimum absolute atomic E-state index is 0.0476. The Bertz CT molecular complexity index is 961. The standard InChI is InChI=1S/C14H3Cl2F5N2O/c15-6-3-7(16)8(17)1-4(6)13-22-23-14(24-13)5-2-9(18)11(20)12(21)10(5)19/h1-3H. The number of rotatable bonds is 2. The first-order valence-electron chi connectivity index (χ1n) is 6.11. The average molecular weight is 381 g/mol. The van der Waals surface area contributed by atoms with E-state index in [1.54, 1.807) is 0 Å². The van der Waals surface area contributed by atoms with E-state index in [9.17, 15) is 22.0 Å². The van der Waals surface area contributed by atoms with Crippen molar-refractivity contribution < 1.29 is 26.4 Å². The molecule has 3 aromatic rings. The zero-order valence-electron chi connectivity index (χ0n) is 11.2. The lowest BCUT2D eigenvalue weighted by Gasteiger charge is -2.02. The van der Waals surface area contributed by atoms with Crippen LogP contribution in [0.1, 0.15) is 0 Å². The van der Waals surface area contributed by atoms with Gasteiger partial charge in [-0.05, 0) is 18.2 Å². The number of hydrogen-bond donors (Lipinski definition) is 0. The van der Waals surface area contributed by atoms with E-state index in [4.69, 9.17) is 27.6 Å². The van der Waals surface area contributed by atoms with Crippen LogP contribution in [-0.4, -0.2) is 10.2 Å². The maximum absolute atomic E-state index is 13.7. The predicted molar refractivity (Wildman–Crippen MR) is 75.0 cm³/mol. The molecule has 124 valence electrons. The van der Waals surface area contributed by atoms with Crippen molar-refractivity contribution in [1.82, 2.24) is 10.2 Å². The minimum atomic E-state index is -2.03. The lowest BCUT2D eigenvalue weighted by molar-refractivity contribution is 0.409. The highest BCUT2D eigenvalue weighted by molar-refractivity contribution is 6.36. The Morgan fingerprint density at radius 2 is 1.25 bits per heavy atom. The molecule has 24 heavy (non-hydrogen) atoms. The van der Waals surface area contributed by atoms with Crippen LogP contribution in [0.15, 0.2) is 22.6 Å². The molecule has 0 fully saturated rings. The molecular weight excluding hydrogens is 378 g/mol. The monoisotopic (exact) mass is 380 g/mol. The molecule has 3 nitrogen and oxygen atoms in total. The van der Waals surface area contributed by atoms with Crippen molar-refractivity contribution in [1.29, 1.82) is 0 Å². The van der Waals surface area contributed by atoms with Gasteiger partial charge in [0.15, 0.2) is 23.3 Å². The maximum Gasteiger partial charge on any atom is 0.251 e. The van der Waals surface area contributed by atoms with Gasteiger partial charge in [0, 0.05) is 0 Å². The summed E-state index contributed by atoms with van der Waals surface area (Å²) in [6, 6.07) is 2.33. The van der Waals surface area contributed by atoms with Crippen LogP contribution in [0.2, 0.25) is 10.0 Å². The topological polar surface area (TPSA) is 38.9 Å². The van der Waals surface area contributed by atoms with Gasteiger partial charge in [0.05, 0.1) is 21.2 Å². The van der Waals surface area contributed by atoms with Gasteiger partial charge in [0.1, 0.15) is 5.82 Å². The van der Waals surface area contributed by atoms with Gasteiger partial charge < -0.3 is 4.42 Å². The molecule has 0 bridgehead atoms. The SMILES string of the molecule is Fc1cc(-c2nnc(-c3cc(F)c(F)c(F)c3F)o2)c(Cl)cc1Cl. The number of benzene rings is 2. The van der Waals surface area contributed by atoms with Crippen LogP contribution < -0.4 is 0 Å². The number of hydrogen-bond acceptors (Lipinski definition) is 3. The Morgan fingerprint density at radius 1 is 0.667 bits per heavy atom. The molecule has 2 aromatic carbocycles. The molecule has 1 aromatic heterocycles. The zero-order valence-corrected chi connectivity index (χ0v) is 12.7. The molecule has 0 atom stereocenters. The summed E-state index contributed by atoms with van der Waals surface area (Å²) in [4.78, 5) is 0. The fourth-order valence-corrected chi connectivity index (χ4v) is 2.32. The smallest absolute Gasteiger partial charge is 0.251 e. The molecule has 0 saturated heterocycles. The van der Waals surface area contributed by atoms with Gasteiger partial charge in [0.2, 0.25) is 5.89 Å². The minimum Gasteiger partial charge on any atom is -0.416 e. The highest BCUT2D eigenvalue weighted by Crippen LogP contribution is 2.34. The summed E-state index contributed by atoms with van der Waals surface area (Å²) < 4.78 is 71.7. The van der Waals surface area contributed by atoms with Crippen molar-refractivity contribution in [3.63, 3.8) is 0 Å². The Morgan fingerprint density at radius 3 is 1.92 bits per heavy atom.